The molecule has 0 aliphatic heterocycles. The molecule has 0 amide bonds. The summed E-state index contributed by atoms with van der Waals surface area (Å²) in [5.74, 6) is 0. The van der Waals surface area contributed by atoms with E-state index < -0.39 is 0 Å². The van der Waals surface area contributed by atoms with Gasteiger partial charge >= 0.3 is 0 Å². The third-order valence-electron chi connectivity index (χ3n) is 2.56. The number of aryl methyl sites for hydroxylation is 1. The van der Waals surface area contributed by atoms with E-state index in [1.54, 1.807) is 17.5 Å². The van der Waals surface area contributed by atoms with E-state index in [1.165, 1.54) is 0 Å². The fraction of sp³-hybridized carbons (Fsp3) is 0.455. The Kier molecular flexibility index (Phi) is 4.15. The second-order valence-electron chi connectivity index (χ2n) is 3.60. The second kappa shape index (κ2) is 5.62. The topological polar surface area (TPSA) is 42.7 Å². The zero-order valence-corrected chi connectivity index (χ0v) is 11.4. The molecule has 6 heteroatoms. The summed E-state index contributed by atoms with van der Waals surface area (Å²) >= 11 is 7.85. The number of aromatic nitrogens is 3. The van der Waals surface area contributed by atoms with Crippen molar-refractivity contribution in [2.45, 2.75) is 26.4 Å². The Balaban J connectivity index is 2.39. The molecule has 4 nitrogen and oxygen atoms in total. The van der Waals surface area contributed by atoms with Gasteiger partial charge in [0.05, 0.1) is 23.0 Å². The summed E-state index contributed by atoms with van der Waals surface area (Å²) in [6.07, 6.45) is 1.80. The Morgan fingerprint density at radius 2 is 2.35 bits per heavy atom. The van der Waals surface area contributed by atoms with Crippen LogP contribution in [-0.2, 0) is 6.54 Å². The first-order valence-corrected chi connectivity index (χ1v) is 6.88. The van der Waals surface area contributed by atoms with Crippen LogP contribution in [0.2, 0.25) is 5.02 Å². The monoisotopic (exact) mass is 270 g/mol. The third-order valence-corrected chi connectivity index (χ3v) is 3.98. The van der Waals surface area contributed by atoms with Gasteiger partial charge in [-0.2, -0.15) is 0 Å². The molecule has 92 valence electrons. The lowest BCUT2D eigenvalue weighted by Crippen LogP contribution is -2.24. The van der Waals surface area contributed by atoms with E-state index in [1.807, 2.05) is 16.1 Å². The smallest absolute Gasteiger partial charge is 0.0873 e. The number of rotatable bonds is 5. The van der Waals surface area contributed by atoms with Crippen molar-refractivity contribution in [1.29, 1.82) is 0 Å². The van der Waals surface area contributed by atoms with Crippen LogP contribution in [0.3, 0.4) is 0 Å². The van der Waals surface area contributed by atoms with Gasteiger partial charge in [0.1, 0.15) is 0 Å². The van der Waals surface area contributed by atoms with Gasteiger partial charge < -0.3 is 5.32 Å². The highest BCUT2D eigenvalue weighted by molar-refractivity contribution is 7.10. The van der Waals surface area contributed by atoms with E-state index in [2.05, 4.69) is 29.5 Å². The van der Waals surface area contributed by atoms with Gasteiger partial charge in [-0.15, -0.1) is 16.4 Å². The molecule has 0 aliphatic rings. The summed E-state index contributed by atoms with van der Waals surface area (Å²) in [6, 6.07) is 1.99. The van der Waals surface area contributed by atoms with E-state index in [0.29, 0.717) is 0 Å². The summed E-state index contributed by atoms with van der Waals surface area (Å²) in [7, 11) is 0. The fourth-order valence-electron chi connectivity index (χ4n) is 1.78. The Labute approximate surface area is 110 Å². The maximum Gasteiger partial charge on any atom is 0.0873 e. The first kappa shape index (κ1) is 12.5. The molecule has 0 saturated carbocycles. The summed E-state index contributed by atoms with van der Waals surface area (Å²) in [4.78, 5) is 1.12. The largest absolute Gasteiger partial charge is 0.304 e. The zero-order chi connectivity index (χ0) is 12.3. The molecular weight excluding hydrogens is 256 g/mol. The van der Waals surface area contributed by atoms with Gasteiger partial charge in [-0.05, 0) is 24.9 Å². The molecule has 1 atom stereocenters. The van der Waals surface area contributed by atoms with Crippen LogP contribution in [0.4, 0.5) is 0 Å². The van der Waals surface area contributed by atoms with Crippen molar-refractivity contribution in [3.05, 3.63) is 33.2 Å². The number of nitrogens with one attached hydrogen (secondary N) is 1. The molecule has 0 aliphatic carbocycles. The number of hydrogen-bond donors (Lipinski definition) is 1. The van der Waals surface area contributed by atoms with E-state index >= 15 is 0 Å². The molecular formula is C11H15ClN4S. The van der Waals surface area contributed by atoms with Gasteiger partial charge in [0.15, 0.2) is 0 Å². The molecule has 0 bridgehead atoms. The van der Waals surface area contributed by atoms with Gasteiger partial charge in [0, 0.05) is 11.4 Å². The van der Waals surface area contributed by atoms with Crippen molar-refractivity contribution in [2.75, 3.05) is 6.54 Å². The van der Waals surface area contributed by atoms with E-state index in [9.17, 15) is 0 Å². The van der Waals surface area contributed by atoms with E-state index in [-0.39, 0.29) is 6.04 Å². The molecule has 2 aromatic rings. The third kappa shape index (κ3) is 2.51. The van der Waals surface area contributed by atoms with E-state index in [4.69, 9.17) is 11.6 Å². The molecule has 2 aromatic heterocycles. The number of nitrogens with zero attached hydrogens (tertiary/aromatic N) is 3. The molecule has 1 N–H and O–H groups in total. The highest BCUT2D eigenvalue weighted by atomic mass is 35.5. The molecule has 1 unspecified atom stereocenters. The van der Waals surface area contributed by atoms with Crippen LogP contribution in [0.5, 0.6) is 0 Å². The molecule has 0 fully saturated rings. The molecule has 2 rings (SSSR count). The first-order valence-electron chi connectivity index (χ1n) is 5.62. The SMILES string of the molecule is CCNC(c1sccc1Cl)c1cnnn1CC. The Morgan fingerprint density at radius 3 is 2.94 bits per heavy atom. The lowest BCUT2D eigenvalue weighted by molar-refractivity contribution is 0.539. The Hall–Kier alpha value is -0.910. The van der Waals surface area contributed by atoms with Crippen LogP contribution in [-0.4, -0.2) is 21.5 Å². The fourth-order valence-corrected chi connectivity index (χ4v) is 3.03. The van der Waals surface area contributed by atoms with Crippen LogP contribution < -0.4 is 5.32 Å². The van der Waals surface area contributed by atoms with Crippen molar-refractivity contribution < 1.29 is 0 Å². The Bertz CT molecular complexity index is 479. The first-order chi connectivity index (χ1) is 8.27. The average molecular weight is 271 g/mol. The van der Waals surface area contributed by atoms with Crippen LogP contribution in [0.15, 0.2) is 17.6 Å². The zero-order valence-electron chi connectivity index (χ0n) is 9.85. The summed E-state index contributed by atoms with van der Waals surface area (Å²) in [6.45, 7) is 5.81. The number of thiophene rings is 1. The standard InChI is InChI=1S/C11H15ClN4S/c1-3-13-10(11-8(12)5-6-17-11)9-7-14-15-16(9)4-2/h5-7,10,13H,3-4H2,1-2H3. The average Bonchev–Trinajstić information content (AvgIpc) is 2.94. The van der Waals surface area contributed by atoms with Crippen LogP contribution in [0, 0.1) is 0 Å². The maximum absolute atomic E-state index is 6.20. The Morgan fingerprint density at radius 1 is 1.53 bits per heavy atom. The normalized spacial score (nSPS) is 12.9. The molecule has 0 spiro atoms. The highest BCUT2D eigenvalue weighted by Gasteiger charge is 2.21. The van der Waals surface area contributed by atoms with Gasteiger partial charge in [0.2, 0.25) is 0 Å². The summed E-state index contributed by atoms with van der Waals surface area (Å²) in [5, 5.41) is 14.3. The van der Waals surface area contributed by atoms with Gasteiger partial charge in [-0.3, -0.25) is 0 Å². The minimum Gasteiger partial charge on any atom is -0.304 e. The maximum atomic E-state index is 6.20. The van der Waals surface area contributed by atoms with Gasteiger partial charge in [-0.25, -0.2) is 4.68 Å². The minimum absolute atomic E-state index is 0.0717. The van der Waals surface area contributed by atoms with Gasteiger partial charge in [0.25, 0.3) is 0 Å². The highest BCUT2D eigenvalue weighted by Crippen LogP contribution is 2.32. The van der Waals surface area contributed by atoms with Gasteiger partial charge in [-0.1, -0.05) is 23.7 Å². The molecule has 2 heterocycles. The molecule has 0 saturated heterocycles. The molecule has 0 radical (unpaired) electrons. The van der Waals surface area contributed by atoms with Crippen molar-refractivity contribution in [1.82, 2.24) is 20.3 Å². The van der Waals surface area contributed by atoms with Crippen molar-refractivity contribution in [3.63, 3.8) is 0 Å². The summed E-state index contributed by atoms with van der Waals surface area (Å²) in [5.41, 5.74) is 1.05. The minimum atomic E-state index is 0.0717. The summed E-state index contributed by atoms with van der Waals surface area (Å²) < 4.78 is 1.89. The molecule has 0 aromatic carbocycles. The van der Waals surface area contributed by atoms with Crippen molar-refractivity contribution >= 4 is 22.9 Å². The van der Waals surface area contributed by atoms with Crippen LogP contribution >= 0.6 is 22.9 Å². The van der Waals surface area contributed by atoms with Crippen LogP contribution in [0.25, 0.3) is 0 Å². The van der Waals surface area contributed by atoms with E-state index in [0.717, 1.165) is 28.7 Å². The van der Waals surface area contributed by atoms with Crippen LogP contribution in [0.1, 0.15) is 30.5 Å². The predicted molar refractivity (Wildman–Crippen MR) is 70.5 cm³/mol. The second-order valence-corrected chi connectivity index (χ2v) is 4.95. The lowest BCUT2D eigenvalue weighted by atomic mass is 10.2. The number of hydrogen-bond acceptors (Lipinski definition) is 4. The van der Waals surface area contributed by atoms with Crippen molar-refractivity contribution in [3.8, 4) is 0 Å². The van der Waals surface area contributed by atoms with Crippen molar-refractivity contribution in [2.24, 2.45) is 0 Å². The number of halogens is 1. The lowest BCUT2D eigenvalue weighted by Gasteiger charge is -2.17. The quantitative estimate of drug-likeness (QED) is 0.908. The molecule has 17 heavy (non-hydrogen) atoms. The predicted octanol–water partition coefficient (Wildman–Crippen LogP) is 2.71.